The van der Waals surface area contributed by atoms with Crippen molar-refractivity contribution in [2.75, 3.05) is 45.3 Å². The lowest BCUT2D eigenvalue weighted by atomic mass is 10.2. The molecule has 1 saturated heterocycles. The highest BCUT2D eigenvalue weighted by molar-refractivity contribution is 6.18. The van der Waals surface area contributed by atoms with E-state index in [-0.39, 0.29) is 0 Å². The normalized spacial score (nSPS) is 15.4. The van der Waals surface area contributed by atoms with Crippen molar-refractivity contribution >= 4 is 11.6 Å². The average Bonchev–Trinajstić information content (AvgIpc) is 2.50. The Hall–Kier alpha value is -1.21. The lowest BCUT2D eigenvalue weighted by molar-refractivity contribution is 0.0322. The zero-order valence-corrected chi connectivity index (χ0v) is 12.4. The van der Waals surface area contributed by atoms with Crippen LogP contribution in [-0.2, 0) is 4.74 Å². The van der Waals surface area contributed by atoms with E-state index in [1.807, 2.05) is 24.3 Å². The summed E-state index contributed by atoms with van der Waals surface area (Å²) in [6.45, 7) is 5.21. The van der Waals surface area contributed by atoms with Gasteiger partial charge in [-0.1, -0.05) is 24.0 Å². The van der Waals surface area contributed by atoms with Gasteiger partial charge in [-0.25, -0.2) is 0 Å². The SMILES string of the molecule is ClCCC#Cc1ccccc1OCCN1CCOCC1. The van der Waals surface area contributed by atoms with E-state index in [1.165, 1.54) is 0 Å². The lowest BCUT2D eigenvalue weighted by Gasteiger charge is -2.26. The molecule has 0 unspecified atom stereocenters. The van der Waals surface area contributed by atoms with E-state index < -0.39 is 0 Å². The largest absolute Gasteiger partial charge is 0.491 e. The molecule has 1 aromatic carbocycles. The van der Waals surface area contributed by atoms with E-state index >= 15 is 0 Å². The highest BCUT2D eigenvalue weighted by Crippen LogP contribution is 2.16. The summed E-state index contributed by atoms with van der Waals surface area (Å²) in [5, 5.41) is 0. The molecule has 1 fully saturated rings. The van der Waals surface area contributed by atoms with Crippen molar-refractivity contribution in [1.29, 1.82) is 0 Å². The summed E-state index contributed by atoms with van der Waals surface area (Å²) < 4.78 is 11.2. The van der Waals surface area contributed by atoms with Crippen molar-refractivity contribution in [1.82, 2.24) is 4.90 Å². The maximum atomic E-state index is 5.85. The number of para-hydroxylation sites is 1. The number of benzene rings is 1. The Morgan fingerprint density at radius 2 is 2.05 bits per heavy atom. The molecule has 1 aliphatic rings. The molecule has 4 heteroatoms. The van der Waals surface area contributed by atoms with Crippen molar-refractivity contribution in [2.24, 2.45) is 0 Å². The van der Waals surface area contributed by atoms with Crippen LogP contribution in [0.2, 0.25) is 0 Å². The summed E-state index contributed by atoms with van der Waals surface area (Å²) in [6.07, 6.45) is 0.698. The Morgan fingerprint density at radius 1 is 1.25 bits per heavy atom. The van der Waals surface area contributed by atoms with Crippen molar-refractivity contribution in [3.05, 3.63) is 29.8 Å². The van der Waals surface area contributed by atoms with Gasteiger partial charge in [0.15, 0.2) is 0 Å². The molecule has 0 aromatic heterocycles. The fraction of sp³-hybridized carbons (Fsp3) is 0.500. The van der Waals surface area contributed by atoms with Gasteiger partial charge in [0.25, 0.3) is 0 Å². The molecule has 0 N–H and O–H groups in total. The fourth-order valence-electron chi connectivity index (χ4n) is 2.01. The van der Waals surface area contributed by atoms with Gasteiger partial charge in [0.2, 0.25) is 0 Å². The minimum absolute atomic E-state index is 0.563. The third kappa shape index (κ3) is 5.05. The minimum Gasteiger partial charge on any atom is -0.491 e. The molecular formula is C16H20ClNO2. The molecule has 0 bridgehead atoms. The standard InChI is InChI=1S/C16H20ClNO2/c17-8-4-3-6-15-5-1-2-7-16(15)20-14-11-18-9-12-19-13-10-18/h1-2,5,7H,4,8-14H2. The number of ether oxygens (including phenoxy) is 2. The van der Waals surface area contributed by atoms with Crippen LogP contribution in [0.4, 0.5) is 0 Å². The topological polar surface area (TPSA) is 21.7 Å². The predicted octanol–water partition coefficient (Wildman–Crippen LogP) is 2.38. The first-order valence-electron chi connectivity index (χ1n) is 6.97. The molecule has 1 heterocycles. The molecule has 0 atom stereocenters. The Balaban J connectivity index is 1.84. The predicted molar refractivity (Wildman–Crippen MR) is 81.4 cm³/mol. The number of alkyl halides is 1. The molecule has 1 aliphatic heterocycles. The van der Waals surface area contributed by atoms with Crippen molar-refractivity contribution in [3.8, 4) is 17.6 Å². The summed E-state index contributed by atoms with van der Waals surface area (Å²) >= 11 is 5.63. The van der Waals surface area contributed by atoms with Crippen LogP contribution in [0.1, 0.15) is 12.0 Å². The second-order valence-corrected chi connectivity index (χ2v) is 4.92. The van der Waals surface area contributed by atoms with Crippen molar-refractivity contribution in [3.63, 3.8) is 0 Å². The first-order chi connectivity index (χ1) is 9.90. The van der Waals surface area contributed by atoms with Gasteiger partial charge in [-0.2, -0.15) is 0 Å². The summed E-state index contributed by atoms with van der Waals surface area (Å²) in [6, 6.07) is 7.88. The smallest absolute Gasteiger partial charge is 0.134 e. The zero-order valence-electron chi connectivity index (χ0n) is 11.6. The Bertz CT molecular complexity index is 461. The van der Waals surface area contributed by atoms with Crippen LogP contribution in [0.25, 0.3) is 0 Å². The lowest BCUT2D eigenvalue weighted by Crippen LogP contribution is -2.38. The third-order valence-electron chi connectivity index (χ3n) is 3.10. The average molecular weight is 294 g/mol. The molecule has 0 aliphatic carbocycles. The summed E-state index contributed by atoms with van der Waals surface area (Å²) in [5.41, 5.74) is 0.930. The summed E-state index contributed by atoms with van der Waals surface area (Å²) in [4.78, 5) is 2.35. The Labute approximate surface area is 125 Å². The number of nitrogens with zero attached hydrogens (tertiary/aromatic N) is 1. The van der Waals surface area contributed by atoms with Crippen LogP contribution < -0.4 is 4.74 Å². The number of morpholine rings is 1. The van der Waals surface area contributed by atoms with Gasteiger partial charge in [0.05, 0.1) is 18.8 Å². The minimum atomic E-state index is 0.563. The highest BCUT2D eigenvalue weighted by Gasteiger charge is 2.10. The van der Waals surface area contributed by atoms with Crippen LogP contribution in [0.5, 0.6) is 5.75 Å². The molecule has 20 heavy (non-hydrogen) atoms. The second kappa shape index (κ2) is 8.86. The van der Waals surface area contributed by atoms with Crippen LogP contribution in [0.15, 0.2) is 24.3 Å². The Kier molecular flexibility index (Phi) is 6.73. The monoisotopic (exact) mass is 293 g/mol. The summed E-state index contributed by atoms with van der Waals surface area (Å²) in [7, 11) is 0. The number of halogens is 1. The van der Waals surface area contributed by atoms with Gasteiger partial charge < -0.3 is 9.47 Å². The maximum Gasteiger partial charge on any atom is 0.134 e. The van der Waals surface area contributed by atoms with Crippen LogP contribution in [0.3, 0.4) is 0 Å². The third-order valence-corrected chi connectivity index (χ3v) is 3.29. The van der Waals surface area contributed by atoms with Gasteiger partial charge in [-0.3, -0.25) is 4.90 Å². The van der Waals surface area contributed by atoms with Crippen molar-refractivity contribution in [2.45, 2.75) is 6.42 Å². The molecule has 108 valence electrons. The van der Waals surface area contributed by atoms with Crippen molar-refractivity contribution < 1.29 is 9.47 Å². The highest BCUT2D eigenvalue weighted by atomic mass is 35.5. The molecule has 3 nitrogen and oxygen atoms in total. The Morgan fingerprint density at radius 3 is 2.85 bits per heavy atom. The molecule has 0 radical (unpaired) electrons. The van der Waals surface area contributed by atoms with Crippen LogP contribution >= 0.6 is 11.6 Å². The zero-order chi connectivity index (χ0) is 14.0. The maximum absolute atomic E-state index is 5.85. The molecule has 2 rings (SSSR count). The van der Waals surface area contributed by atoms with E-state index in [4.69, 9.17) is 21.1 Å². The van der Waals surface area contributed by atoms with Gasteiger partial charge in [-0.05, 0) is 12.1 Å². The first kappa shape index (κ1) is 15.2. The van der Waals surface area contributed by atoms with Gasteiger partial charge in [0, 0.05) is 31.9 Å². The van der Waals surface area contributed by atoms with Gasteiger partial charge in [-0.15, -0.1) is 11.6 Å². The van der Waals surface area contributed by atoms with E-state index in [2.05, 4.69) is 16.7 Å². The summed E-state index contributed by atoms with van der Waals surface area (Å²) in [5.74, 6) is 7.56. The van der Waals surface area contributed by atoms with E-state index in [1.54, 1.807) is 0 Å². The molecule has 0 saturated carbocycles. The van der Waals surface area contributed by atoms with E-state index in [9.17, 15) is 0 Å². The van der Waals surface area contributed by atoms with Crippen LogP contribution in [-0.4, -0.2) is 50.2 Å². The molecule has 1 aromatic rings. The number of hydrogen-bond acceptors (Lipinski definition) is 3. The molecular weight excluding hydrogens is 274 g/mol. The van der Waals surface area contributed by atoms with Gasteiger partial charge in [0.1, 0.15) is 12.4 Å². The van der Waals surface area contributed by atoms with E-state index in [0.29, 0.717) is 18.9 Å². The molecule has 0 spiro atoms. The van der Waals surface area contributed by atoms with Gasteiger partial charge >= 0.3 is 0 Å². The fourth-order valence-corrected chi connectivity index (χ4v) is 2.10. The number of hydrogen-bond donors (Lipinski definition) is 0. The van der Waals surface area contributed by atoms with Crippen LogP contribution in [0, 0.1) is 11.8 Å². The first-order valence-corrected chi connectivity index (χ1v) is 7.50. The van der Waals surface area contributed by atoms with E-state index in [0.717, 1.165) is 44.2 Å². The number of rotatable bonds is 5. The second-order valence-electron chi connectivity index (χ2n) is 4.54. The molecule has 0 amide bonds. The quantitative estimate of drug-likeness (QED) is 0.615.